The number of thiol groups is 1. The minimum atomic E-state index is 0.168. The molecule has 0 saturated heterocycles. The minimum Gasteiger partial charge on any atom is -0.487 e. The van der Waals surface area contributed by atoms with E-state index in [1.54, 1.807) is 42.5 Å². The molecule has 0 unspecified atom stereocenters. The lowest BCUT2D eigenvalue weighted by molar-refractivity contribution is 0.112. The van der Waals surface area contributed by atoms with E-state index in [-0.39, 0.29) is 12.5 Å². The molecule has 0 aliphatic rings. The zero-order chi connectivity index (χ0) is 17.1. The van der Waals surface area contributed by atoms with E-state index in [1.165, 1.54) is 0 Å². The maximum Gasteiger partial charge on any atom is 0.221 e. The zero-order valence-electron chi connectivity index (χ0n) is 12.8. The van der Waals surface area contributed by atoms with Crippen LogP contribution in [0.5, 0.6) is 5.75 Å². The van der Waals surface area contributed by atoms with Crippen molar-refractivity contribution in [2.24, 2.45) is 4.99 Å². The molecule has 0 radical (unpaired) electrons. The Morgan fingerprint density at radius 3 is 2.52 bits per heavy atom. The number of rotatable bonds is 9. The molecule has 4 nitrogen and oxygen atoms in total. The molecule has 1 aromatic rings. The smallest absolute Gasteiger partial charge is 0.221 e. The predicted molar refractivity (Wildman–Crippen MR) is 97.3 cm³/mol. The summed E-state index contributed by atoms with van der Waals surface area (Å²) >= 11 is 4.02. The van der Waals surface area contributed by atoms with Crippen LogP contribution in [0.1, 0.15) is 10.4 Å². The summed E-state index contributed by atoms with van der Waals surface area (Å²) < 4.78 is 10.9. The maximum absolute atomic E-state index is 10.6. The number of hydrogen-bond donors (Lipinski definition) is 1. The van der Waals surface area contributed by atoms with Gasteiger partial charge in [-0.1, -0.05) is 38.0 Å². The van der Waals surface area contributed by atoms with Crippen molar-refractivity contribution in [1.29, 1.82) is 0 Å². The van der Waals surface area contributed by atoms with E-state index in [1.807, 2.05) is 0 Å². The fourth-order valence-corrected chi connectivity index (χ4v) is 1.62. The Morgan fingerprint density at radius 1 is 1.26 bits per heavy atom. The summed E-state index contributed by atoms with van der Waals surface area (Å²) in [5, 5.41) is 0. The van der Waals surface area contributed by atoms with Gasteiger partial charge in [-0.25, -0.2) is 4.99 Å². The SMILES string of the molecule is C=C/C=C\C(=C)C(=NC(=C)COc1ccc(C=O)cc1)OCS. The van der Waals surface area contributed by atoms with E-state index < -0.39 is 0 Å². The summed E-state index contributed by atoms with van der Waals surface area (Å²) in [6.07, 6.45) is 5.86. The summed E-state index contributed by atoms with van der Waals surface area (Å²) in [6.45, 7) is 11.5. The van der Waals surface area contributed by atoms with Crippen molar-refractivity contribution in [1.82, 2.24) is 0 Å². The number of aldehydes is 1. The molecule has 0 spiro atoms. The fraction of sp³-hybridized carbons (Fsp3) is 0.111. The monoisotopic (exact) mass is 329 g/mol. The van der Waals surface area contributed by atoms with E-state index in [9.17, 15) is 4.79 Å². The van der Waals surface area contributed by atoms with Gasteiger partial charge in [0.2, 0.25) is 5.90 Å². The highest BCUT2D eigenvalue weighted by atomic mass is 32.1. The van der Waals surface area contributed by atoms with Gasteiger partial charge in [-0.05, 0) is 24.3 Å². The Morgan fingerprint density at radius 2 is 1.96 bits per heavy atom. The number of hydrogen-bond acceptors (Lipinski definition) is 5. The highest BCUT2D eigenvalue weighted by molar-refractivity contribution is 7.80. The van der Waals surface area contributed by atoms with Gasteiger partial charge in [0.1, 0.15) is 24.6 Å². The van der Waals surface area contributed by atoms with Crippen molar-refractivity contribution in [2.75, 3.05) is 12.5 Å². The van der Waals surface area contributed by atoms with Gasteiger partial charge >= 0.3 is 0 Å². The molecule has 0 bridgehead atoms. The van der Waals surface area contributed by atoms with Crippen LogP contribution in [0.3, 0.4) is 0 Å². The summed E-state index contributed by atoms with van der Waals surface area (Å²) in [4.78, 5) is 14.8. The van der Waals surface area contributed by atoms with Crippen molar-refractivity contribution < 1.29 is 14.3 Å². The first-order valence-electron chi connectivity index (χ1n) is 6.77. The summed E-state index contributed by atoms with van der Waals surface area (Å²) in [5.74, 6) is 1.11. The standard InChI is InChI=1S/C18H19NO3S/c1-4-5-6-14(2)18(22-13-23)19-15(3)12-21-17-9-7-16(11-20)8-10-17/h4-11,23H,1-3,12-13H2/b6-5-,19-18?. The Kier molecular flexibility index (Phi) is 8.24. The number of allylic oxidation sites excluding steroid dienone is 2. The predicted octanol–water partition coefficient (Wildman–Crippen LogP) is 3.99. The number of ether oxygens (including phenoxy) is 2. The summed E-state index contributed by atoms with van der Waals surface area (Å²) in [6, 6.07) is 6.76. The molecule has 0 amide bonds. The van der Waals surface area contributed by atoms with Crippen LogP contribution in [-0.2, 0) is 4.74 Å². The van der Waals surface area contributed by atoms with Crippen LogP contribution < -0.4 is 4.74 Å². The second-order valence-electron chi connectivity index (χ2n) is 4.35. The molecule has 5 heteroatoms. The van der Waals surface area contributed by atoms with E-state index in [0.29, 0.717) is 28.5 Å². The van der Waals surface area contributed by atoms with Gasteiger partial charge in [0.05, 0.1) is 5.70 Å². The molecule has 0 aromatic heterocycles. The van der Waals surface area contributed by atoms with Gasteiger partial charge < -0.3 is 9.47 Å². The Balaban J connectivity index is 2.68. The number of aliphatic imine (C=N–C) groups is 1. The molecule has 23 heavy (non-hydrogen) atoms. The van der Waals surface area contributed by atoms with Crippen LogP contribution in [0.4, 0.5) is 0 Å². The van der Waals surface area contributed by atoms with Crippen LogP contribution in [0.2, 0.25) is 0 Å². The maximum atomic E-state index is 10.6. The van der Waals surface area contributed by atoms with Crippen molar-refractivity contribution in [3.8, 4) is 5.75 Å². The normalized spacial score (nSPS) is 11.1. The van der Waals surface area contributed by atoms with Crippen LogP contribution in [0, 0.1) is 0 Å². The van der Waals surface area contributed by atoms with Crippen LogP contribution in [0.25, 0.3) is 0 Å². The zero-order valence-corrected chi connectivity index (χ0v) is 13.7. The van der Waals surface area contributed by atoms with Crippen molar-refractivity contribution in [2.45, 2.75) is 0 Å². The summed E-state index contributed by atoms with van der Waals surface area (Å²) in [7, 11) is 0. The number of nitrogens with zero attached hydrogens (tertiary/aromatic N) is 1. The molecule has 0 atom stereocenters. The number of benzene rings is 1. The molecule has 0 saturated carbocycles. The first-order chi connectivity index (χ1) is 11.1. The second-order valence-corrected chi connectivity index (χ2v) is 4.61. The topological polar surface area (TPSA) is 47.9 Å². The Labute approximate surface area is 141 Å². The molecule has 120 valence electrons. The Bertz CT molecular complexity index is 630. The average Bonchev–Trinajstić information content (AvgIpc) is 2.57. The molecule has 1 rings (SSSR count). The lowest BCUT2D eigenvalue weighted by Crippen LogP contribution is -2.08. The molecular formula is C18H19NO3S. The van der Waals surface area contributed by atoms with E-state index in [0.717, 1.165) is 6.29 Å². The van der Waals surface area contributed by atoms with Gasteiger partial charge in [-0.15, -0.1) is 12.6 Å². The van der Waals surface area contributed by atoms with Gasteiger partial charge in [0.15, 0.2) is 0 Å². The first-order valence-corrected chi connectivity index (χ1v) is 7.40. The largest absolute Gasteiger partial charge is 0.487 e. The van der Waals surface area contributed by atoms with E-state index in [2.05, 4.69) is 37.4 Å². The van der Waals surface area contributed by atoms with Crippen LogP contribution >= 0.6 is 12.6 Å². The quantitative estimate of drug-likeness (QED) is 0.186. The third kappa shape index (κ3) is 6.84. The van der Waals surface area contributed by atoms with Gasteiger partial charge in [-0.2, -0.15) is 0 Å². The molecular weight excluding hydrogens is 310 g/mol. The van der Waals surface area contributed by atoms with Crippen molar-refractivity contribution in [3.63, 3.8) is 0 Å². The lowest BCUT2D eigenvalue weighted by atomic mass is 10.2. The molecule has 1 aromatic carbocycles. The molecule has 0 fully saturated rings. The summed E-state index contributed by atoms with van der Waals surface area (Å²) in [5.41, 5.74) is 1.63. The second kappa shape index (κ2) is 10.2. The van der Waals surface area contributed by atoms with E-state index >= 15 is 0 Å². The Hall–Kier alpha value is -2.53. The average molecular weight is 329 g/mol. The molecule has 0 N–H and O–H groups in total. The van der Waals surface area contributed by atoms with Gasteiger partial charge in [0, 0.05) is 11.1 Å². The molecule has 0 heterocycles. The van der Waals surface area contributed by atoms with Crippen LogP contribution in [-0.4, -0.2) is 24.7 Å². The molecule has 0 aliphatic carbocycles. The molecule has 0 aliphatic heterocycles. The van der Waals surface area contributed by atoms with Crippen molar-refractivity contribution in [3.05, 3.63) is 79.1 Å². The fourth-order valence-electron chi connectivity index (χ4n) is 1.50. The number of carbonyl (C=O) groups excluding carboxylic acids is 1. The third-order valence-electron chi connectivity index (χ3n) is 2.59. The third-order valence-corrected chi connectivity index (χ3v) is 2.72. The lowest BCUT2D eigenvalue weighted by Gasteiger charge is -2.09. The van der Waals surface area contributed by atoms with E-state index in [4.69, 9.17) is 9.47 Å². The van der Waals surface area contributed by atoms with Gasteiger partial charge in [0.25, 0.3) is 0 Å². The van der Waals surface area contributed by atoms with Gasteiger partial charge in [-0.3, -0.25) is 4.79 Å². The van der Waals surface area contributed by atoms with Crippen LogP contribution in [0.15, 0.2) is 78.5 Å². The minimum absolute atomic E-state index is 0.168. The highest BCUT2D eigenvalue weighted by Gasteiger charge is 2.05. The van der Waals surface area contributed by atoms with Crippen molar-refractivity contribution >= 4 is 24.8 Å². The number of carbonyl (C=O) groups is 1. The first kappa shape index (κ1) is 18.5. The highest BCUT2D eigenvalue weighted by Crippen LogP contribution is 2.13.